The van der Waals surface area contributed by atoms with Crippen molar-refractivity contribution in [2.45, 2.75) is 90.4 Å². The molecule has 6 atom stereocenters. The number of allylic oxidation sites excluding steroid dienone is 3. The fraction of sp³-hybridized carbons (Fsp3) is 0.786. The molecule has 5 heteroatoms. The zero-order valence-corrected chi connectivity index (χ0v) is 20.7. The average Bonchev–Trinajstić information content (AvgIpc) is 3.33. The molecule has 0 aromatic carbocycles. The van der Waals surface area contributed by atoms with Crippen LogP contribution in [0, 0.1) is 35.5 Å². The van der Waals surface area contributed by atoms with E-state index in [1.54, 1.807) is 0 Å². The van der Waals surface area contributed by atoms with Gasteiger partial charge >= 0.3 is 5.97 Å². The van der Waals surface area contributed by atoms with Crippen molar-refractivity contribution >= 4 is 11.8 Å². The minimum absolute atomic E-state index is 0.0339. The van der Waals surface area contributed by atoms with Gasteiger partial charge in [0.1, 0.15) is 5.92 Å². The summed E-state index contributed by atoms with van der Waals surface area (Å²) in [4.78, 5) is 25.4. The molecule has 0 aromatic rings. The van der Waals surface area contributed by atoms with E-state index in [-0.39, 0.29) is 30.1 Å². The van der Waals surface area contributed by atoms with Crippen molar-refractivity contribution in [1.82, 2.24) is 0 Å². The number of ether oxygens (including phenoxy) is 3. The second kappa shape index (κ2) is 11.3. The number of hydrogen-bond donors (Lipinski definition) is 0. The number of rotatable bonds is 9. The Morgan fingerprint density at radius 1 is 1.18 bits per heavy atom. The fourth-order valence-electron chi connectivity index (χ4n) is 6.77. The summed E-state index contributed by atoms with van der Waals surface area (Å²) in [5.74, 6) is 1.51. The zero-order chi connectivity index (χ0) is 23.4. The number of hydrogen-bond acceptors (Lipinski definition) is 5. The Morgan fingerprint density at radius 2 is 2.00 bits per heavy atom. The van der Waals surface area contributed by atoms with E-state index < -0.39 is 5.92 Å². The average molecular weight is 459 g/mol. The first kappa shape index (κ1) is 24.7. The minimum atomic E-state index is -0.584. The molecule has 3 aliphatic carbocycles. The Balaban J connectivity index is 1.34. The standard InChI is InChI=1S/C28H42O5/c1-4-8-22-23-16-19(15-20(23)17-25(22)33-26-9-6-7-12-32-26)10-11-24(29)27(28(30)31-3)21-13-18(5-2)14-21/h4,8,10,18,20-23,25-27H,5-7,9,11-17H2,1-3H3/t18?,20-,21?,22-,23+,25-,26?,27?/m1/s1. The topological polar surface area (TPSA) is 61.8 Å². The molecule has 0 amide bonds. The molecule has 184 valence electrons. The predicted molar refractivity (Wildman–Crippen MR) is 127 cm³/mol. The van der Waals surface area contributed by atoms with Gasteiger partial charge in [0.2, 0.25) is 0 Å². The van der Waals surface area contributed by atoms with Crippen molar-refractivity contribution in [3.8, 4) is 0 Å². The smallest absolute Gasteiger partial charge is 0.316 e. The molecule has 1 saturated heterocycles. The highest BCUT2D eigenvalue weighted by molar-refractivity contribution is 6.00. The summed E-state index contributed by atoms with van der Waals surface area (Å²) < 4.78 is 17.3. The molecule has 0 spiro atoms. The van der Waals surface area contributed by atoms with Crippen molar-refractivity contribution in [1.29, 1.82) is 0 Å². The second-order valence-electron chi connectivity index (χ2n) is 10.7. The van der Waals surface area contributed by atoms with Crippen LogP contribution in [0.5, 0.6) is 0 Å². The zero-order valence-electron chi connectivity index (χ0n) is 20.7. The maximum Gasteiger partial charge on any atom is 0.316 e. The molecule has 0 N–H and O–H groups in total. The summed E-state index contributed by atoms with van der Waals surface area (Å²) in [6.45, 7) is 5.07. The van der Waals surface area contributed by atoms with E-state index in [0.717, 1.165) is 58.0 Å². The summed E-state index contributed by atoms with van der Waals surface area (Å²) in [6, 6.07) is 0. The summed E-state index contributed by atoms with van der Waals surface area (Å²) >= 11 is 0. The molecule has 0 bridgehead atoms. The number of methoxy groups -OCH3 is 1. The molecule has 4 rings (SSSR count). The molecule has 2 unspecified atom stereocenters. The summed E-state index contributed by atoms with van der Waals surface area (Å²) in [5, 5.41) is 0. The monoisotopic (exact) mass is 458 g/mol. The highest BCUT2D eigenvalue weighted by atomic mass is 16.7. The highest BCUT2D eigenvalue weighted by Gasteiger charge is 2.47. The molecular formula is C28H42O5. The Hall–Kier alpha value is -1.46. The third kappa shape index (κ3) is 5.62. The van der Waals surface area contributed by atoms with Gasteiger partial charge in [0, 0.05) is 18.9 Å². The quantitative estimate of drug-likeness (QED) is 0.254. The van der Waals surface area contributed by atoms with Gasteiger partial charge in [-0.25, -0.2) is 0 Å². The lowest BCUT2D eigenvalue weighted by Gasteiger charge is -2.38. The van der Waals surface area contributed by atoms with Crippen molar-refractivity contribution < 1.29 is 23.8 Å². The number of carbonyl (C=O) groups is 2. The SMILES string of the molecule is CC=C[C@@H]1[C@H]2CC(=CCC(=O)C(C(=O)OC)C3CC(CC)C3)C[C@@H]2C[C@H]1OC1CCCCO1. The van der Waals surface area contributed by atoms with Crippen LogP contribution in [0.1, 0.15) is 78.1 Å². The number of Topliss-reactive ketones (excluding diaryl/α,β-unsaturated/α-hetero) is 1. The van der Waals surface area contributed by atoms with Crippen molar-refractivity contribution in [3.05, 3.63) is 23.8 Å². The third-order valence-electron chi connectivity index (χ3n) is 8.68. The molecule has 4 fully saturated rings. The fourth-order valence-corrected chi connectivity index (χ4v) is 6.77. The van der Waals surface area contributed by atoms with Gasteiger partial charge in [0.15, 0.2) is 12.1 Å². The molecule has 1 heterocycles. The first-order valence-electron chi connectivity index (χ1n) is 13.2. The first-order chi connectivity index (χ1) is 16.0. The summed E-state index contributed by atoms with van der Waals surface area (Å²) in [5.41, 5.74) is 1.38. The second-order valence-corrected chi connectivity index (χ2v) is 10.7. The van der Waals surface area contributed by atoms with Gasteiger partial charge in [0.25, 0.3) is 0 Å². The number of ketones is 1. The Morgan fingerprint density at radius 3 is 2.67 bits per heavy atom. The molecule has 3 saturated carbocycles. The van der Waals surface area contributed by atoms with Crippen LogP contribution in [0.2, 0.25) is 0 Å². The van der Waals surface area contributed by atoms with Gasteiger partial charge < -0.3 is 14.2 Å². The number of carbonyl (C=O) groups excluding carboxylic acids is 2. The minimum Gasteiger partial charge on any atom is -0.468 e. The molecule has 0 aromatic heterocycles. The lowest BCUT2D eigenvalue weighted by atomic mass is 9.66. The van der Waals surface area contributed by atoms with Crippen LogP contribution >= 0.6 is 0 Å². The van der Waals surface area contributed by atoms with E-state index in [1.807, 2.05) is 0 Å². The lowest BCUT2D eigenvalue weighted by Crippen LogP contribution is -2.39. The third-order valence-corrected chi connectivity index (χ3v) is 8.68. The van der Waals surface area contributed by atoms with Crippen LogP contribution in [0.15, 0.2) is 23.8 Å². The van der Waals surface area contributed by atoms with E-state index in [4.69, 9.17) is 14.2 Å². The first-order valence-corrected chi connectivity index (χ1v) is 13.2. The maximum atomic E-state index is 13.0. The molecule has 4 aliphatic rings. The summed E-state index contributed by atoms with van der Waals surface area (Å²) in [7, 11) is 1.40. The Labute approximate surface area is 199 Å². The molecule has 33 heavy (non-hydrogen) atoms. The van der Waals surface area contributed by atoms with E-state index in [2.05, 4.69) is 32.1 Å². The van der Waals surface area contributed by atoms with Gasteiger partial charge in [-0.2, -0.15) is 0 Å². The van der Waals surface area contributed by atoms with Crippen LogP contribution in [0.4, 0.5) is 0 Å². The number of esters is 1. The molecule has 1 aliphatic heterocycles. The van der Waals surface area contributed by atoms with Crippen molar-refractivity contribution in [2.24, 2.45) is 35.5 Å². The van der Waals surface area contributed by atoms with Gasteiger partial charge in [-0.05, 0) is 82.0 Å². The lowest BCUT2D eigenvalue weighted by molar-refractivity contribution is -0.193. The van der Waals surface area contributed by atoms with E-state index in [1.165, 1.54) is 19.1 Å². The maximum absolute atomic E-state index is 13.0. The van der Waals surface area contributed by atoms with E-state index in [0.29, 0.717) is 30.1 Å². The van der Waals surface area contributed by atoms with Crippen LogP contribution in [-0.4, -0.2) is 37.9 Å². The van der Waals surface area contributed by atoms with Gasteiger partial charge in [-0.1, -0.05) is 37.1 Å². The molecule has 5 nitrogen and oxygen atoms in total. The largest absolute Gasteiger partial charge is 0.468 e. The van der Waals surface area contributed by atoms with Crippen molar-refractivity contribution in [2.75, 3.05) is 13.7 Å². The highest BCUT2D eigenvalue weighted by Crippen LogP contribution is 2.52. The molecule has 0 radical (unpaired) electrons. The predicted octanol–water partition coefficient (Wildman–Crippen LogP) is 5.63. The normalized spacial score (nSPS) is 38.3. The summed E-state index contributed by atoms with van der Waals surface area (Å²) in [6.07, 6.45) is 16.7. The van der Waals surface area contributed by atoms with E-state index in [9.17, 15) is 9.59 Å². The molecular weight excluding hydrogens is 416 g/mol. The van der Waals surface area contributed by atoms with Gasteiger partial charge in [-0.15, -0.1) is 0 Å². The van der Waals surface area contributed by atoms with Gasteiger partial charge in [-0.3, -0.25) is 9.59 Å². The number of fused-ring (bicyclic) bond motifs is 1. The Kier molecular flexibility index (Phi) is 8.45. The van der Waals surface area contributed by atoms with Crippen LogP contribution in [0.25, 0.3) is 0 Å². The Bertz CT molecular complexity index is 743. The van der Waals surface area contributed by atoms with Crippen LogP contribution in [0.3, 0.4) is 0 Å². The van der Waals surface area contributed by atoms with E-state index >= 15 is 0 Å². The van der Waals surface area contributed by atoms with Crippen molar-refractivity contribution in [3.63, 3.8) is 0 Å². The van der Waals surface area contributed by atoms with Gasteiger partial charge in [0.05, 0.1) is 13.2 Å². The van der Waals surface area contributed by atoms with Crippen LogP contribution < -0.4 is 0 Å². The van der Waals surface area contributed by atoms with Crippen LogP contribution in [-0.2, 0) is 23.8 Å².